The zero-order valence-electron chi connectivity index (χ0n) is 14.4. The molecule has 0 amide bonds. The summed E-state index contributed by atoms with van der Waals surface area (Å²) in [5.41, 5.74) is 1.37. The molecule has 0 atom stereocenters. The van der Waals surface area contributed by atoms with Crippen molar-refractivity contribution in [3.8, 4) is 5.88 Å². The average molecular weight is 320 g/mol. The minimum absolute atomic E-state index is 0.361. The van der Waals surface area contributed by atoms with E-state index in [1.807, 2.05) is 12.1 Å². The molecule has 1 heterocycles. The predicted molar refractivity (Wildman–Crippen MR) is 91.8 cm³/mol. The fraction of sp³-hybridized carbons (Fsp3) is 0.647. The standard InChI is InChI=1S/C17H28N4O2/c1-18-16(20-12-14-6-4-10-19-15(14)23-3)21-13-17(7-5-8-17)9-11-22-2/h4,6,10H,5,7-9,11-13H2,1-3H3,(H2,18,20,21). The van der Waals surface area contributed by atoms with E-state index in [-0.39, 0.29) is 0 Å². The lowest BCUT2D eigenvalue weighted by molar-refractivity contribution is 0.0732. The molecule has 6 heteroatoms. The normalized spacial score (nSPS) is 16.6. The van der Waals surface area contributed by atoms with Gasteiger partial charge in [-0.25, -0.2) is 4.98 Å². The third-order valence-electron chi connectivity index (χ3n) is 4.59. The smallest absolute Gasteiger partial charge is 0.218 e. The van der Waals surface area contributed by atoms with Crippen LogP contribution in [-0.2, 0) is 11.3 Å². The molecule has 6 nitrogen and oxygen atoms in total. The summed E-state index contributed by atoms with van der Waals surface area (Å²) in [6, 6.07) is 3.90. The van der Waals surface area contributed by atoms with Crippen LogP contribution < -0.4 is 15.4 Å². The van der Waals surface area contributed by atoms with Gasteiger partial charge in [-0.1, -0.05) is 12.5 Å². The van der Waals surface area contributed by atoms with Gasteiger partial charge in [-0.3, -0.25) is 4.99 Å². The van der Waals surface area contributed by atoms with Crippen molar-refractivity contribution in [2.75, 3.05) is 34.4 Å². The third kappa shape index (κ3) is 4.82. The number of ether oxygens (including phenoxy) is 2. The molecule has 0 radical (unpaired) electrons. The number of pyridine rings is 1. The number of rotatable bonds is 8. The van der Waals surface area contributed by atoms with Crippen molar-refractivity contribution in [1.82, 2.24) is 15.6 Å². The summed E-state index contributed by atoms with van der Waals surface area (Å²) in [6.07, 6.45) is 6.66. The third-order valence-corrected chi connectivity index (χ3v) is 4.59. The van der Waals surface area contributed by atoms with E-state index in [1.165, 1.54) is 19.3 Å². The van der Waals surface area contributed by atoms with Crippen LogP contribution in [0.5, 0.6) is 5.88 Å². The maximum atomic E-state index is 5.27. The number of aromatic nitrogens is 1. The summed E-state index contributed by atoms with van der Waals surface area (Å²) in [5, 5.41) is 6.78. The van der Waals surface area contributed by atoms with Crippen molar-refractivity contribution < 1.29 is 9.47 Å². The van der Waals surface area contributed by atoms with E-state index in [0.29, 0.717) is 17.8 Å². The monoisotopic (exact) mass is 320 g/mol. The molecule has 0 saturated heterocycles. The molecular formula is C17H28N4O2. The molecule has 1 aromatic heterocycles. The molecule has 0 bridgehead atoms. The Bertz CT molecular complexity index is 515. The van der Waals surface area contributed by atoms with Crippen LogP contribution in [0, 0.1) is 5.41 Å². The Morgan fingerprint density at radius 3 is 2.78 bits per heavy atom. The minimum Gasteiger partial charge on any atom is -0.481 e. The Morgan fingerprint density at radius 1 is 1.35 bits per heavy atom. The second-order valence-electron chi connectivity index (χ2n) is 6.05. The zero-order valence-corrected chi connectivity index (χ0v) is 14.4. The highest BCUT2D eigenvalue weighted by Gasteiger charge is 2.36. The number of guanidine groups is 1. The number of nitrogens with one attached hydrogen (secondary N) is 2. The second-order valence-corrected chi connectivity index (χ2v) is 6.05. The zero-order chi connectivity index (χ0) is 16.5. The highest BCUT2D eigenvalue weighted by Crippen LogP contribution is 2.43. The topological polar surface area (TPSA) is 67.8 Å². The van der Waals surface area contributed by atoms with Crippen LogP contribution in [0.1, 0.15) is 31.2 Å². The molecule has 128 valence electrons. The fourth-order valence-electron chi connectivity index (χ4n) is 2.92. The number of hydrogen-bond donors (Lipinski definition) is 2. The first-order chi connectivity index (χ1) is 11.2. The van der Waals surface area contributed by atoms with Gasteiger partial charge in [0.25, 0.3) is 0 Å². The summed E-state index contributed by atoms with van der Waals surface area (Å²) in [4.78, 5) is 8.51. The van der Waals surface area contributed by atoms with Crippen molar-refractivity contribution in [3.05, 3.63) is 23.9 Å². The summed E-state index contributed by atoms with van der Waals surface area (Å²) < 4.78 is 10.5. The fourth-order valence-corrected chi connectivity index (χ4v) is 2.92. The van der Waals surface area contributed by atoms with Gasteiger partial charge in [-0.2, -0.15) is 0 Å². The molecule has 0 unspecified atom stereocenters. The molecule has 1 aliphatic carbocycles. The van der Waals surface area contributed by atoms with Crippen LogP contribution in [0.4, 0.5) is 0 Å². The number of methoxy groups -OCH3 is 2. The van der Waals surface area contributed by atoms with Gasteiger partial charge in [0.15, 0.2) is 5.96 Å². The SMILES string of the molecule is CN=C(NCc1cccnc1OC)NCC1(CCOC)CCC1. The molecule has 2 rings (SSSR count). The van der Waals surface area contributed by atoms with E-state index < -0.39 is 0 Å². The second kappa shape index (κ2) is 8.72. The Labute approximate surface area is 138 Å². The molecule has 0 spiro atoms. The van der Waals surface area contributed by atoms with E-state index in [4.69, 9.17) is 9.47 Å². The molecule has 1 saturated carbocycles. The first kappa shape index (κ1) is 17.5. The first-order valence-electron chi connectivity index (χ1n) is 8.14. The van der Waals surface area contributed by atoms with E-state index in [1.54, 1.807) is 27.5 Å². The van der Waals surface area contributed by atoms with Crippen LogP contribution in [0.2, 0.25) is 0 Å². The largest absolute Gasteiger partial charge is 0.481 e. The molecule has 1 aromatic rings. The van der Waals surface area contributed by atoms with E-state index in [9.17, 15) is 0 Å². The summed E-state index contributed by atoms with van der Waals surface area (Å²) in [7, 11) is 5.19. The molecule has 23 heavy (non-hydrogen) atoms. The summed E-state index contributed by atoms with van der Waals surface area (Å²) in [5.74, 6) is 1.45. The molecule has 0 aromatic carbocycles. The molecule has 1 aliphatic rings. The lowest BCUT2D eigenvalue weighted by Gasteiger charge is -2.42. The lowest BCUT2D eigenvalue weighted by Crippen LogP contribution is -2.46. The molecule has 2 N–H and O–H groups in total. The van der Waals surface area contributed by atoms with Crippen LogP contribution in [-0.4, -0.2) is 45.4 Å². The Kier molecular flexibility index (Phi) is 6.65. The average Bonchev–Trinajstić information content (AvgIpc) is 2.56. The molecular weight excluding hydrogens is 292 g/mol. The predicted octanol–water partition coefficient (Wildman–Crippen LogP) is 1.96. The summed E-state index contributed by atoms with van der Waals surface area (Å²) >= 11 is 0. The van der Waals surface area contributed by atoms with Crippen molar-refractivity contribution in [3.63, 3.8) is 0 Å². The number of aliphatic imine (C=N–C) groups is 1. The van der Waals surface area contributed by atoms with Crippen LogP contribution in [0.25, 0.3) is 0 Å². The van der Waals surface area contributed by atoms with Gasteiger partial charge >= 0.3 is 0 Å². The maximum Gasteiger partial charge on any atom is 0.218 e. The van der Waals surface area contributed by atoms with Crippen LogP contribution >= 0.6 is 0 Å². The van der Waals surface area contributed by atoms with Gasteiger partial charge in [0, 0.05) is 45.6 Å². The van der Waals surface area contributed by atoms with Gasteiger partial charge in [0.2, 0.25) is 5.88 Å². The Morgan fingerprint density at radius 2 is 2.17 bits per heavy atom. The number of nitrogens with zero attached hydrogens (tertiary/aromatic N) is 2. The van der Waals surface area contributed by atoms with Crippen molar-refractivity contribution in [2.45, 2.75) is 32.2 Å². The van der Waals surface area contributed by atoms with Gasteiger partial charge in [0.1, 0.15) is 0 Å². The van der Waals surface area contributed by atoms with Crippen molar-refractivity contribution >= 4 is 5.96 Å². The Balaban J connectivity index is 1.84. The van der Waals surface area contributed by atoms with Gasteiger partial charge in [-0.15, -0.1) is 0 Å². The van der Waals surface area contributed by atoms with Crippen LogP contribution in [0.15, 0.2) is 23.3 Å². The Hall–Kier alpha value is -1.82. The minimum atomic E-state index is 0.361. The van der Waals surface area contributed by atoms with E-state index in [2.05, 4.69) is 20.6 Å². The van der Waals surface area contributed by atoms with Crippen molar-refractivity contribution in [2.24, 2.45) is 10.4 Å². The summed E-state index contributed by atoms with van der Waals surface area (Å²) in [6.45, 7) is 2.38. The number of hydrogen-bond acceptors (Lipinski definition) is 4. The van der Waals surface area contributed by atoms with E-state index >= 15 is 0 Å². The maximum absolute atomic E-state index is 5.27. The van der Waals surface area contributed by atoms with Gasteiger partial charge in [0.05, 0.1) is 7.11 Å². The molecule has 1 fully saturated rings. The van der Waals surface area contributed by atoms with Crippen LogP contribution in [0.3, 0.4) is 0 Å². The van der Waals surface area contributed by atoms with Crippen molar-refractivity contribution in [1.29, 1.82) is 0 Å². The lowest BCUT2D eigenvalue weighted by atomic mass is 9.67. The highest BCUT2D eigenvalue weighted by molar-refractivity contribution is 5.79. The van der Waals surface area contributed by atoms with E-state index in [0.717, 1.165) is 31.1 Å². The highest BCUT2D eigenvalue weighted by atomic mass is 16.5. The quantitative estimate of drug-likeness (QED) is 0.566. The molecule has 0 aliphatic heterocycles. The van der Waals surface area contributed by atoms with Gasteiger partial charge < -0.3 is 20.1 Å². The van der Waals surface area contributed by atoms with Gasteiger partial charge in [-0.05, 0) is 30.7 Å². The first-order valence-corrected chi connectivity index (χ1v) is 8.14.